The van der Waals surface area contributed by atoms with Crippen LogP contribution in [0.2, 0.25) is 0 Å². The summed E-state index contributed by atoms with van der Waals surface area (Å²) in [6, 6.07) is 2.52. The molecule has 0 aliphatic carbocycles. The molecule has 0 saturated heterocycles. The second-order valence-electron chi connectivity index (χ2n) is 2.90. The summed E-state index contributed by atoms with van der Waals surface area (Å²) >= 11 is 0. The van der Waals surface area contributed by atoms with Gasteiger partial charge in [-0.25, -0.2) is 0 Å². The van der Waals surface area contributed by atoms with E-state index in [1.54, 1.807) is 0 Å². The Morgan fingerprint density at radius 3 is 2.73 bits per heavy atom. The minimum Gasteiger partial charge on any atom is -0.404 e. The Bertz CT molecular complexity index is 491. The normalized spacial score (nSPS) is 11.9. The van der Waals surface area contributed by atoms with Gasteiger partial charge in [0.15, 0.2) is 5.75 Å². The lowest BCUT2D eigenvalue weighted by molar-refractivity contribution is -0.274. The quantitative estimate of drug-likeness (QED) is 0.718. The molecule has 0 saturated carbocycles. The Balaban J connectivity index is 2.46. The van der Waals surface area contributed by atoms with Gasteiger partial charge in [0, 0.05) is 5.39 Å². The Morgan fingerprint density at radius 1 is 1.33 bits per heavy atom. The molecular weight excluding hydrogens is 211 g/mol. The molecule has 0 atom stereocenters. The topological polar surface area (TPSA) is 63.9 Å². The van der Waals surface area contributed by atoms with Gasteiger partial charge in [-0.2, -0.15) is 5.10 Å². The highest BCUT2D eigenvalue weighted by atomic mass is 19.4. The number of aromatic nitrogens is 2. The summed E-state index contributed by atoms with van der Waals surface area (Å²) in [7, 11) is 0. The predicted octanol–water partition coefficient (Wildman–Crippen LogP) is 2.04. The molecule has 0 fully saturated rings. The van der Waals surface area contributed by atoms with E-state index < -0.39 is 12.1 Å². The van der Waals surface area contributed by atoms with Crippen LogP contribution in [-0.2, 0) is 0 Å². The summed E-state index contributed by atoms with van der Waals surface area (Å²) in [5.74, 6) is -0.420. The third-order valence-corrected chi connectivity index (χ3v) is 1.80. The maximum absolute atomic E-state index is 11.9. The van der Waals surface area contributed by atoms with E-state index >= 15 is 0 Å². The summed E-state index contributed by atoms with van der Waals surface area (Å²) < 4.78 is 39.6. The van der Waals surface area contributed by atoms with Gasteiger partial charge in [0.05, 0.1) is 17.4 Å². The van der Waals surface area contributed by atoms with Crippen LogP contribution in [0, 0.1) is 0 Å². The molecule has 1 heterocycles. The van der Waals surface area contributed by atoms with Gasteiger partial charge in [-0.15, -0.1) is 13.2 Å². The van der Waals surface area contributed by atoms with Gasteiger partial charge in [0.25, 0.3) is 0 Å². The first-order valence-corrected chi connectivity index (χ1v) is 3.94. The molecule has 7 heteroatoms. The fraction of sp³-hybridized carbons (Fsp3) is 0.125. The number of hydrogen-bond donors (Lipinski definition) is 2. The number of halogens is 3. The molecule has 0 amide bonds. The fourth-order valence-corrected chi connectivity index (χ4v) is 1.20. The van der Waals surface area contributed by atoms with Crippen molar-refractivity contribution >= 4 is 16.6 Å². The number of fused-ring (bicyclic) bond motifs is 1. The zero-order chi connectivity index (χ0) is 11.1. The standard InChI is InChI=1S/C8H6F3N3O/c9-8(10,11)15-7-1-4-3-13-14-6(4)2-5(7)12/h1-3H,12H2,(H,13,14). The molecule has 0 radical (unpaired) electrons. The lowest BCUT2D eigenvalue weighted by Crippen LogP contribution is -2.17. The molecule has 1 aromatic heterocycles. The van der Waals surface area contributed by atoms with Crippen LogP contribution in [-0.4, -0.2) is 16.6 Å². The Kier molecular flexibility index (Phi) is 1.95. The van der Waals surface area contributed by atoms with Gasteiger partial charge in [0.2, 0.25) is 0 Å². The van der Waals surface area contributed by atoms with Crippen LogP contribution in [0.25, 0.3) is 10.9 Å². The smallest absolute Gasteiger partial charge is 0.404 e. The molecule has 0 aliphatic heterocycles. The van der Waals surface area contributed by atoms with Crippen molar-refractivity contribution in [3.05, 3.63) is 18.3 Å². The summed E-state index contributed by atoms with van der Waals surface area (Å²) in [6.45, 7) is 0. The highest BCUT2D eigenvalue weighted by Gasteiger charge is 2.32. The number of alkyl halides is 3. The summed E-state index contributed by atoms with van der Waals surface area (Å²) in [5.41, 5.74) is 5.84. The molecule has 2 rings (SSSR count). The molecule has 0 spiro atoms. The van der Waals surface area contributed by atoms with Gasteiger partial charge in [-0.1, -0.05) is 0 Å². The predicted molar refractivity (Wildman–Crippen MR) is 47.2 cm³/mol. The second kappa shape index (κ2) is 3.04. The molecule has 1 aromatic carbocycles. The van der Waals surface area contributed by atoms with Crippen molar-refractivity contribution in [1.29, 1.82) is 0 Å². The van der Waals surface area contributed by atoms with E-state index in [-0.39, 0.29) is 5.69 Å². The monoisotopic (exact) mass is 217 g/mol. The molecule has 3 N–H and O–H groups in total. The van der Waals surface area contributed by atoms with E-state index in [2.05, 4.69) is 14.9 Å². The number of H-pyrrole nitrogens is 1. The Labute approximate surface area is 81.8 Å². The van der Waals surface area contributed by atoms with Gasteiger partial charge < -0.3 is 10.5 Å². The first-order valence-electron chi connectivity index (χ1n) is 3.94. The maximum Gasteiger partial charge on any atom is 0.573 e. The minimum atomic E-state index is -4.74. The number of hydrogen-bond acceptors (Lipinski definition) is 3. The second-order valence-corrected chi connectivity index (χ2v) is 2.90. The number of nitrogens with two attached hydrogens (primary N) is 1. The zero-order valence-electron chi connectivity index (χ0n) is 7.30. The molecule has 15 heavy (non-hydrogen) atoms. The molecule has 0 aliphatic rings. The SMILES string of the molecule is Nc1cc2[nH]ncc2cc1OC(F)(F)F. The number of anilines is 1. The van der Waals surface area contributed by atoms with Crippen molar-refractivity contribution in [1.82, 2.24) is 10.2 Å². The summed E-state index contributed by atoms with van der Waals surface area (Å²) in [6.07, 6.45) is -3.36. The van der Waals surface area contributed by atoms with Crippen LogP contribution < -0.4 is 10.5 Å². The number of benzene rings is 1. The third-order valence-electron chi connectivity index (χ3n) is 1.80. The third kappa shape index (κ3) is 1.95. The number of ether oxygens (including phenoxy) is 1. The first-order chi connectivity index (χ1) is 6.96. The van der Waals surface area contributed by atoms with Crippen molar-refractivity contribution in [3.63, 3.8) is 0 Å². The van der Waals surface area contributed by atoms with Crippen molar-refractivity contribution in [2.45, 2.75) is 6.36 Å². The molecule has 2 aromatic rings. The average Bonchev–Trinajstić information content (AvgIpc) is 2.49. The molecule has 0 unspecified atom stereocenters. The van der Waals surface area contributed by atoms with E-state index in [0.717, 1.165) is 0 Å². The van der Waals surface area contributed by atoms with E-state index in [0.29, 0.717) is 10.9 Å². The van der Waals surface area contributed by atoms with Crippen molar-refractivity contribution in [2.24, 2.45) is 0 Å². The summed E-state index contributed by atoms with van der Waals surface area (Å²) in [5, 5.41) is 6.75. The lowest BCUT2D eigenvalue weighted by Gasteiger charge is -2.10. The molecule has 4 nitrogen and oxygen atoms in total. The van der Waals surface area contributed by atoms with Crippen molar-refractivity contribution in [2.75, 3.05) is 5.73 Å². The number of rotatable bonds is 1. The van der Waals surface area contributed by atoms with E-state index in [4.69, 9.17) is 5.73 Å². The molecule has 80 valence electrons. The zero-order valence-corrected chi connectivity index (χ0v) is 7.30. The van der Waals surface area contributed by atoms with Gasteiger partial charge in [0.1, 0.15) is 0 Å². The van der Waals surface area contributed by atoms with Crippen molar-refractivity contribution in [3.8, 4) is 5.75 Å². The molecular formula is C8H6F3N3O. The fourth-order valence-electron chi connectivity index (χ4n) is 1.20. The van der Waals surface area contributed by atoms with Crippen LogP contribution in [0.3, 0.4) is 0 Å². The maximum atomic E-state index is 11.9. The van der Waals surface area contributed by atoms with E-state index in [9.17, 15) is 13.2 Å². The highest BCUT2D eigenvalue weighted by Crippen LogP contribution is 2.31. The van der Waals surface area contributed by atoms with Gasteiger partial charge in [-0.3, -0.25) is 5.10 Å². The van der Waals surface area contributed by atoms with Gasteiger partial charge >= 0.3 is 6.36 Å². The number of nitrogen functional groups attached to an aromatic ring is 1. The number of nitrogens with zero attached hydrogens (tertiary/aromatic N) is 1. The first kappa shape index (κ1) is 9.63. The van der Waals surface area contributed by atoms with Crippen molar-refractivity contribution < 1.29 is 17.9 Å². The highest BCUT2D eigenvalue weighted by molar-refractivity contribution is 5.84. The molecule has 0 bridgehead atoms. The van der Waals surface area contributed by atoms with Crippen LogP contribution in [0.1, 0.15) is 0 Å². The number of aromatic amines is 1. The largest absolute Gasteiger partial charge is 0.573 e. The van der Waals surface area contributed by atoms with E-state index in [1.165, 1.54) is 18.3 Å². The van der Waals surface area contributed by atoms with Gasteiger partial charge in [-0.05, 0) is 12.1 Å². The summed E-state index contributed by atoms with van der Waals surface area (Å²) in [4.78, 5) is 0. The van der Waals surface area contributed by atoms with E-state index in [1.807, 2.05) is 0 Å². The lowest BCUT2D eigenvalue weighted by atomic mass is 10.2. The average molecular weight is 217 g/mol. The van der Waals surface area contributed by atoms with Crippen LogP contribution in [0.15, 0.2) is 18.3 Å². The Morgan fingerprint density at radius 2 is 2.07 bits per heavy atom. The van der Waals surface area contributed by atoms with Crippen LogP contribution in [0.5, 0.6) is 5.75 Å². The Hall–Kier alpha value is -1.92. The number of nitrogens with one attached hydrogen (secondary N) is 1. The van der Waals surface area contributed by atoms with Crippen LogP contribution >= 0.6 is 0 Å². The minimum absolute atomic E-state index is 0.0934. The van der Waals surface area contributed by atoms with Crippen LogP contribution in [0.4, 0.5) is 18.9 Å².